The summed E-state index contributed by atoms with van der Waals surface area (Å²) in [5.74, 6) is -0.794. The van der Waals surface area contributed by atoms with Gasteiger partial charge in [0.25, 0.3) is 11.6 Å². The molecular formula is C13H9ClN2O4. The summed E-state index contributed by atoms with van der Waals surface area (Å²) in [7, 11) is 0. The second kappa shape index (κ2) is 5.58. The molecule has 0 saturated carbocycles. The molecule has 0 spiro atoms. The first-order valence-corrected chi connectivity index (χ1v) is 5.90. The summed E-state index contributed by atoms with van der Waals surface area (Å²) in [6.07, 6.45) is 0. The van der Waals surface area contributed by atoms with E-state index in [0.717, 1.165) is 6.07 Å². The first-order chi connectivity index (χ1) is 9.49. The van der Waals surface area contributed by atoms with E-state index in [1.165, 1.54) is 24.3 Å². The fraction of sp³-hybridized carbons (Fsp3) is 0. The number of phenols is 1. The van der Waals surface area contributed by atoms with E-state index in [4.69, 9.17) is 11.6 Å². The maximum Gasteiger partial charge on any atom is 0.271 e. The van der Waals surface area contributed by atoms with E-state index in [1.54, 1.807) is 12.1 Å². The van der Waals surface area contributed by atoms with Crippen LogP contribution >= 0.6 is 11.6 Å². The number of anilines is 1. The summed E-state index contributed by atoms with van der Waals surface area (Å²) in [6.45, 7) is 0. The smallest absolute Gasteiger partial charge is 0.271 e. The number of hydrogen-bond donors (Lipinski definition) is 2. The molecule has 0 aliphatic carbocycles. The molecule has 0 saturated heterocycles. The van der Waals surface area contributed by atoms with E-state index >= 15 is 0 Å². The fourth-order valence-electron chi connectivity index (χ4n) is 1.58. The van der Waals surface area contributed by atoms with Crippen LogP contribution in [0.15, 0.2) is 42.5 Å². The van der Waals surface area contributed by atoms with Crippen molar-refractivity contribution < 1.29 is 14.8 Å². The Hall–Kier alpha value is -2.60. The van der Waals surface area contributed by atoms with E-state index in [9.17, 15) is 20.0 Å². The summed E-state index contributed by atoms with van der Waals surface area (Å²) < 4.78 is 0. The predicted molar refractivity (Wildman–Crippen MR) is 74.2 cm³/mol. The van der Waals surface area contributed by atoms with Crippen LogP contribution in [0.25, 0.3) is 0 Å². The number of aromatic hydroxyl groups is 1. The van der Waals surface area contributed by atoms with Gasteiger partial charge in [0.05, 0.1) is 21.2 Å². The summed E-state index contributed by atoms with van der Waals surface area (Å²) in [4.78, 5) is 22.1. The van der Waals surface area contributed by atoms with E-state index < -0.39 is 10.8 Å². The van der Waals surface area contributed by atoms with Crippen molar-refractivity contribution in [2.24, 2.45) is 0 Å². The number of nitrogens with one attached hydrogen (secondary N) is 1. The molecule has 102 valence electrons. The molecule has 0 aromatic heterocycles. The second-order valence-electron chi connectivity index (χ2n) is 3.89. The SMILES string of the molecule is O=C(Nc1cc([N+](=O)[O-])ccc1Cl)c1ccccc1O. The molecule has 2 aromatic rings. The van der Waals surface area contributed by atoms with Gasteiger partial charge in [-0.3, -0.25) is 14.9 Å². The molecule has 0 bridgehead atoms. The standard InChI is InChI=1S/C13H9ClN2O4/c14-10-6-5-8(16(19)20)7-11(10)15-13(18)9-3-1-2-4-12(9)17/h1-7,17H,(H,15,18). The largest absolute Gasteiger partial charge is 0.507 e. The van der Waals surface area contributed by atoms with Gasteiger partial charge in [-0.05, 0) is 18.2 Å². The van der Waals surface area contributed by atoms with Crippen molar-refractivity contribution >= 4 is 28.9 Å². The number of benzene rings is 2. The molecule has 0 fully saturated rings. The van der Waals surface area contributed by atoms with Crippen molar-refractivity contribution in [3.63, 3.8) is 0 Å². The highest BCUT2D eigenvalue weighted by Gasteiger charge is 2.15. The Morgan fingerprint density at radius 2 is 1.95 bits per heavy atom. The van der Waals surface area contributed by atoms with E-state index in [1.807, 2.05) is 0 Å². The lowest BCUT2D eigenvalue weighted by Crippen LogP contribution is -2.12. The molecule has 0 unspecified atom stereocenters. The van der Waals surface area contributed by atoms with Crippen LogP contribution in [0.3, 0.4) is 0 Å². The molecule has 0 heterocycles. The van der Waals surface area contributed by atoms with Gasteiger partial charge in [-0.1, -0.05) is 23.7 Å². The van der Waals surface area contributed by atoms with Crippen molar-refractivity contribution in [2.45, 2.75) is 0 Å². The number of halogens is 1. The van der Waals surface area contributed by atoms with Gasteiger partial charge in [0.15, 0.2) is 0 Å². The van der Waals surface area contributed by atoms with Gasteiger partial charge in [-0.15, -0.1) is 0 Å². The van der Waals surface area contributed by atoms with Gasteiger partial charge in [0.1, 0.15) is 5.75 Å². The van der Waals surface area contributed by atoms with Crippen molar-refractivity contribution in [1.82, 2.24) is 0 Å². The molecule has 0 aliphatic heterocycles. The van der Waals surface area contributed by atoms with Crippen LogP contribution in [0, 0.1) is 10.1 Å². The Morgan fingerprint density at radius 1 is 1.25 bits per heavy atom. The number of para-hydroxylation sites is 1. The molecule has 0 aliphatic rings. The predicted octanol–water partition coefficient (Wildman–Crippen LogP) is 3.21. The summed E-state index contributed by atoms with van der Waals surface area (Å²) in [6, 6.07) is 9.66. The minimum atomic E-state index is -0.606. The van der Waals surface area contributed by atoms with Crippen LogP contribution in [0.4, 0.5) is 11.4 Å². The van der Waals surface area contributed by atoms with Crippen molar-refractivity contribution in [3.8, 4) is 5.75 Å². The lowest BCUT2D eigenvalue weighted by molar-refractivity contribution is -0.384. The van der Waals surface area contributed by atoms with Gasteiger partial charge >= 0.3 is 0 Å². The minimum absolute atomic E-state index is 0.0510. The molecule has 0 radical (unpaired) electrons. The molecule has 2 aromatic carbocycles. The van der Waals surface area contributed by atoms with Crippen LogP contribution in [-0.4, -0.2) is 15.9 Å². The second-order valence-corrected chi connectivity index (χ2v) is 4.30. The number of carbonyl (C=O) groups excluding carboxylic acids is 1. The highest BCUT2D eigenvalue weighted by molar-refractivity contribution is 6.34. The molecule has 0 atom stereocenters. The minimum Gasteiger partial charge on any atom is -0.507 e. The average molecular weight is 293 g/mol. The number of phenolic OH excluding ortho intramolecular Hbond substituents is 1. The van der Waals surface area contributed by atoms with E-state index in [0.29, 0.717) is 0 Å². The quantitative estimate of drug-likeness (QED) is 0.671. The number of nitro benzene ring substituents is 1. The third kappa shape index (κ3) is 2.86. The molecule has 6 nitrogen and oxygen atoms in total. The van der Waals surface area contributed by atoms with E-state index in [-0.39, 0.29) is 27.7 Å². The van der Waals surface area contributed by atoms with Gasteiger partial charge in [-0.25, -0.2) is 0 Å². The monoisotopic (exact) mass is 292 g/mol. The Balaban J connectivity index is 2.30. The molecule has 2 N–H and O–H groups in total. The number of amides is 1. The number of rotatable bonds is 3. The highest BCUT2D eigenvalue weighted by Crippen LogP contribution is 2.27. The molecule has 1 amide bonds. The van der Waals surface area contributed by atoms with Crippen LogP contribution in [0.1, 0.15) is 10.4 Å². The maximum atomic E-state index is 12.0. The normalized spacial score (nSPS) is 10.1. The summed E-state index contributed by atoms with van der Waals surface area (Å²) in [5.41, 5.74) is -0.0359. The number of carbonyl (C=O) groups is 1. The Kier molecular flexibility index (Phi) is 3.86. The maximum absolute atomic E-state index is 12.0. The van der Waals surface area contributed by atoms with Gasteiger partial charge < -0.3 is 10.4 Å². The molecule has 2 rings (SSSR count). The third-order valence-corrected chi connectivity index (χ3v) is 2.89. The Bertz CT molecular complexity index is 688. The lowest BCUT2D eigenvalue weighted by atomic mass is 10.2. The van der Waals surface area contributed by atoms with Gasteiger partial charge in [0.2, 0.25) is 0 Å². The van der Waals surface area contributed by atoms with E-state index in [2.05, 4.69) is 5.32 Å². The first kappa shape index (κ1) is 13.8. The van der Waals surface area contributed by atoms with Gasteiger partial charge in [-0.2, -0.15) is 0 Å². The molecule has 20 heavy (non-hydrogen) atoms. The number of nitro groups is 1. The number of hydrogen-bond acceptors (Lipinski definition) is 4. The third-order valence-electron chi connectivity index (χ3n) is 2.56. The zero-order chi connectivity index (χ0) is 14.7. The topological polar surface area (TPSA) is 92.5 Å². The van der Waals surface area contributed by atoms with Crippen LogP contribution in [0.5, 0.6) is 5.75 Å². The van der Waals surface area contributed by atoms with Crippen molar-refractivity contribution in [1.29, 1.82) is 0 Å². The first-order valence-electron chi connectivity index (χ1n) is 5.52. The average Bonchev–Trinajstić information content (AvgIpc) is 2.41. The van der Waals surface area contributed by atoms with Crippen molar-refractivity contribution in [2.75, 3.05) is 5.32 Å². The zero-order valence-electron chi connectivity index (χ0n) is 10.0. The fourth-order valence-corrected chi connectivity index (χ4v) is 1.74. The summed E-state index contributed by atoms with van der Waals surface area (Å²) >= 11 is 5.87. The van der Waals surface area contributed by atoms with Crippen LogP contribution in [-0.2, 0) is 0 Å². The zero-order valence-corrected chi connectivity index (χ0v) is 10.8. The van der Waals surface area contributed by atoms with Crippen LogP contribution in [0.2, 0.25) is 5.02 Å². The van der Waals surface area contributed by atoms with Crippen molar-refractivity contribution in [3.05, 3.63) is 63.2 Å². The highest BCUT2D eigenvalue weighted by atomic mass is 35.5. The number of nitrogens with zero attached hydrogens (tertiary/aromatic N) is 1. The molecular weight excluding hydrogens is 284 g/mol. The van der Waals surface area contributed by atoms with Gasteiger partial charge in [0, 0.05) is 12.1 Å². The van der Waals surface area contributed by atoms with Crippen LogP contribution < -0.4 is 5.32 Å². The Labute approximate surface area is 118 Å². The molecule has 7 heteroatoms. The number of non-ortho nitro benzene ring substituents is 1. The Morgan fingerprint density at radius 3 is 2.60 bits per heavy atom. The lowest BCUT2D eigenvalue weighted by Gasteiger charge is -2.08. The summed E-state index contributed by atoms with van der Waals surface area (Å²) in [5, 5.41) is 22.8.